The molecule has 6 heteroatoms. The Morgan fingerprint density at radius 2 is 1.81 bits per heavy atom. The van der Waals surface area contributed by atoms with Gasteiger partial charge in [0, 0.05) is 24.1 Å². The summed E-state index contributed by atoms with van der Waals surface area (Å²) in [5.74, 6) is -0.787. The molecule has 2 bridgehead atoms. The molecule has 142 valence electrons. The Hall–Kier alpha value is -2.68. The predicted octanol–water partition coefficient (Wildman–Crippen LogP) is 2.87. The van der Waals surface area contributed by atoms with E-state index in [1.165, 1.54) is 4.90 Å². The Bertz CT molecular complexity index is 724. The number of hydrogen-bond donors (Lipinski definition) is 0. The number of nitrogens with zero attached hydrogens (tertiary/aromatic N) is 2. The van der Waals surface area contributed by atoms with E-state index in [-0.39, 0.29) is 49.2 Å². The molecule has 1 amide bonds. The Morgan fingerprint density at radius 3 is 2.44 bits per heavy atom. The first kappa shape index (κ1) is 19.1. The zero-order valence-electron chi connectivity index (χ0n) is 15.3. The minimum atomic E-state index is -0.388. The fourth-order valence-electron chi connectivity index (χ4n) is 4.17. The number of carbonyl (C=O) groups is 3. The first-order valence-electron chi connectivity index (χ1n) is 9.53. The third kappa shape index (κ3) is 4.54. The van der Waals surface area contributed by atoms with Crippen LogP contribution in [-0.2, 0) is 19.1 Å². The van der Waals surface area contributed by atoms with E-state index in [1.54, 1.807) is 12.1 Å². The summed E-state index contributed by atoms with van der Waals surface area (Å²) in [5, 5.41) is 8.83. The van der Waals surface area contributed by atoms with E-state index < -0.39 is 0 Å². The number of para-hydroxylation sites is 1. The highest BCUT2D eigenvalue weighted by Gasteiger charge is 2.42. The summed E-state index contributed by atoms with van der Waals surface area (Å²) in [5.41, 5.74) is 0.673. The number of nitriles is 1. The number of Topliss-reactive ketones (excluding diaryl/α,β-unsaturated/α-hetero) is 1. The van der Waals surface area contributed by atoms with Crippen LogP contribution in [0.5, 0.6) is 0 Å². The number of amides is 1. The van der Waals surface area contributed by atoms with Crippen molar-refractivity contribution in [1.29, 1.82) is 5.26 Å². The fourth-order valence-corrected chi connectivity index (χ4v) is 4.17. The smallest absolute Gasteiger partial charge is 0.309 e. The van der Waals surface area contributed by atoms with Gasteiger partial charge in [-0.2, -0.15) is 5.26 Å². The summed E-state index contributed by atoms with van der Waals surface area (Å²) in [6.07, 6.45) is 4.04. The standard InChI is InChI=1S/C21H24N2O4/c22-10-5-11-23(18-8-2-1-3-9-18)19(24)14-27-21(26)17-12-15-6-4-7-16(13-17)20(15)25/h1-3,8-9,15-17H,4-7,11-14H2/t15-,16+,17?. The Balaban J connectivity index is 1.57. The molecule has 3 atom stereocenters. The number of hydrogen-bond acceptors (Lipinski definition) is 5. The van der Waals surface area contributed by atoms with Gasteiger partial charge in [0.15, 0.2) is 6.61 Å². The minimum Gasteiger partial charge on any atom is -0.455 e. The molecular weight excluding hydrogens is 344 g/mol. The van der Waals surface area contributed by atoms with E-state index in [2.05, 4.69) is 0 Å². The third-order valence-electron chi connectivity index (χ3n) is 5.54. The number of ketones is 1. The van der Waals surface area contributed by atoms with Gasteiger partial charge in [0.25, 0.3) is 5.91 Å². The van der Waals surface area contributed by atoms with Crippen LogP contribution in [0.2, 0.25) is 0 Å². The molecule has 2 fully saturated rings. The van der Waals surface area contributed by atoms with Gasteiger partial charge in [-0.1, -0.05) is 24.6 Å². The Kier molecular flexibility index (Phi) is 6.23. The van der Waals surface area contributed by atoms with E-state index in [0.717, 1.165) is 19.3 Å². The first-order valence-corrected chi connectivity index (χ1v) is 9.53. The maximum Gasteiger partial charge on any atom is 0.309 e. The maximum atomic E-state index is 12.6. The van der Waals surface area contributed by atoms with E-state index in [4.69, 9.17) is 10.00 Å². The zero-order valence-corrected chi connectivity index (χ0v) is 15.3. The topological polar surface area (TPSA) is 87.5 Å². The third-order valence-corrected chi connectivity index (χ3v) is 5.54. The van der Waals surface area contributed by atoms with E-state index >= 15 is 0 Å². The molecule has 0 spiro atoms. The molecule has 0 heterocycles. The number of rotatable bonds is 6. The summed E-state index contributed by atoms with van der Waals surface area (Å²) in [6, 6.07) is 11.1. The molecule has 0 saturated heterocycles. The van der Waals surface area contributed by atoms with Gasteiger partial charge in [-0.3, -0.25) is 14.4 Å². The van der Waals surface area contributed by atoms with Crippen LogP contribution in [-0.4, -0.2) is 30.8 Å². The molecule has 27 heavy (non-hydrogen) atoms. The second kappa shape index (κ2) is 8.81. The number of anilines is 1. The molecule has 2 aliphatic rings. The van der Waals surface area contributed by atoms with Gasteiger partial charge in [0.05, 0.1) is 18.4 Å². The lowest BCUT2D eigenvalue weighted by Gasteiger charge is -2.36. The lowest BCUT2D eigenvalue weighted by atomic mass is 9.67. The van der Waals surface area contributed by atoms with Crippen molar-refractivity contribution in [3.05, 3.63) is 30.3 Å². The molecule has 0 radical (unpaired) electrons. The van der Waals surface area contributed by atoms with Crippen molar-refractivity contribution in [2.45, 2.75) is 38.5 Å². The number of carbonyl (C=O) groups excluding carboxylic acids is 3. The Labute approximate surface area is 159 Å². The summed E-state index contributed by atoms with van der Waals surface area (Å²) in [6.45, 7) is -0.0993. The van der Waals surface area contributed by atoms with Crippen molar-refractivity contribution in [3.63, 3.8) is 0 Å². The molecule has 6 nitrogen and oxygen atoms in total. The van der Waals surface area contributed by atoms with Gasteiger partial charge in [0.2, 0.25) is 0 Å². The van der Waals surface area contributed by atoms with Crippen molar-refractivity contribution >= 4 is 23.3 Å². The van der Waals surface area contributed by atoms with Gasteiger partial charge < -0.3 is 9.64 Å². The SMILES string of the molecule is N#CCCN(C(=O)COC(=O)C1C[C@H]2CCC[C@@H](C1)C2=O)c1ccccc1. The van der Waals surface area contributed by atoms with E-state index in [9.17, 15) is 14.4 Å². The van der Waals surface area contributed by atoms with Gasteiger partial charge in [-0.25, -0.2) is 0 Å². The number of ether oxygens (including phenoxy) is 1. The van der Waals surface area contributed by atoms with Crippen LogP contribution in [0.1, 0.15) is 38.5 Å². The summed E-state index contributed by atoms with van der Waals surface area (Å²) in [4.78, 5) is 38.6. The first-order chi connectivity index (χ1) is 13.1. The van der Waals surface area contributed by atoms with Crippen molar-refractivity contribution in [2.75, 3.05) is 18.1 Å². The lowest BCUT2D eigenvalue weighted by Crippen LogP contribution is -2.41. The predicted molar refractivity (Wildman–Crippen MR) is 98.5 cm³/mol. The van der Waals surface area contributed by atoms with Crippen molar-refractivity contribution in [1.82, 2.24) is 0 Å². The van der Waals surface area contributed by atoms with Crippen LogP contribution in [0.3, 0.4) is 0 Å². The lowest BCUT2D eigenvalue weighted by molar-refractivity contribution is -0.156. The number of esters is 1. The van der Waals surface area contributed by atoms with Gasteiger partial charge in [0.1, 0.15) is 5.78 Å². The summed E-state index contributed by atoms with van der Waals surface area (Å²) in [7, 11) is 0. The van der Waals surface area contributed by atoms with Gasteiger partial charge in [-0.15, -0.1) is 0 Å². The van der Waals surface area contributed by atoms with E-state index in [1.807, 2.05) is 24.3 Å². The largest absolute Gasteiger partial charge is 0.455 e. The molecule has 1 aromatic rings. The van der Waals surface area contributed by atoms with Crippen LogP contribution in [0.15, 0.2) is 30.3 Å². The molecular formula is C21H24N2O4. The van der Waals surface area contributed by atoms with Crippen LogP contribution in [0.4, 0.5) is 5.69 Å². The Morgan fingerprint density at radius 1 is 1.15 bits per heavy atom. The molecule has 2 saturated carbocycles. The van der Waals surface area contributed by atoms with Crippen molar-refractivity contribution < 1.29 is 19.1 Å². The van der Waals surface area contributed by atoms with Crippen LogP contribution < -0.4 is 4.90 Å². The second-order valence-corrected chi connectivity index (χ2v) is 7.29. The molecule has 0 aromatic heterocycles. The minimum absolute atomic E-state index is 0.0257. The number of fused-ring (bicyclic) bond motifs is 2. The monoisotopic (exact) mass is 368 g/mol. The highest BCUT2D eigenvalue weighted by Crippen LogP contribution is 2.40. The molecule has 1 unspecified atom stereocenters. The molecule has 2 aliphatic carbocycles. The average molecular weight is 368 g/mol. The second-order valence-electron chi connectivity index (χ2n) is 7.29. The highest BCUT2D eigenvalue weighted by atomic mass is 16.5. The van der Waals surface area contributed by atoms with E-state index in [0.29, 0.717) is 24.3 Å². The fraction of sp³-hybridized carbons (Fsp3) is 0.524. The number of benzene rings is 1. The molecule has 3 rings (SSSR count). The van der Waals surface area contributed by atoms with Crippen molar-refractivity contribution in [3.8, 4) is 6.07 Å². The summed E-state index contributed by atoms with van der Waals surface area (Å²) < 4.78 is 5.30. The summed E-state index contributed by atoms with van der Waals surface area (Å²) >= 11 is 0. The average Bonchev–Trinajstić information content (AvgIpc) is 2.67. The van der Waals surface area contributed by atoms with Gasteiger partial charge in [-0.05, 0) is 37.8 Å². The van der Waals surface area contributed by atoms with Crippen LogP contribution in [0.25, 0.3) is 0 Å². The van der Waals surface area contributed by atoms with Gasteiger partial charge >= 0.3 is 5.97 Å². The quantitative estimate of drug-likeness (QED) is 0.721. The molecule has 0 aliphatic heterocycles. The molecule has 1 aromatic carbocycles. The maximum absolute atomic E-state index is 12.6. The van der Waals surface area contributed by atoms with Crippen LogP contribution >= 0.6 is 0 Å². The molecule has 0 N–H and O–H groups in total. The zero-order chi connectivity index (χ0) is 19.2. The van der Waals surface area contributed by atoms with Crippen LogP contribution in [0, 0.1) is 29.1 Å². The normalized spacial score (nSPS) is 24.0. The van der Waals surface area contributed by atoms with Crippen molar-refractivity contribution in [2.24, 2.45) is 17.8 Å². The highest BCUT2D eigenvalue weighted by molar-refractivity contribution is 5.95.